The first-order chi connectivity index (χ1) is 9.63. The van der Waals surface area contributed by atoms with Crippen LogP contribution in [0.1, 0.15) is 38.0 Å². The van der Waals surface area contributed by atoms with Gasteiger partial charge in [-0.15, -0.1) is 11.3 Å². The van der Waals surface area contributed by atoms with E-state index >= 15 is 0 Å². The minimum Gasteiger partial charge on any atom is -0.462 e. The van der Waals surface area contributed by atoms with Crippen molar-refractivity contribution in [1.29, 1.82) is 0 Å². The van der Waals surface area contributed by atoms with Gasteiger partial charge in [0.05, 0.1) is 5.69 Å². The van der Waals surface area contributed by atoms with Crippen molar-refractivity contribution in [3.05, 3.63) is 28.7 Å². The first kappa shape index (κ1) is 16.0. The number of sulfonamides is 1. The fourth-order valence-corrected chi connectivity index (χ4v) is 4.10. The van der Waals surface area contributed by atoms with E-state index < -0.39 is 10.0 Å². The standard InChI is InChI=1S/C13H18N2O4S2/c1-8-10(5-9(6-16)19-8)21(17,18)15-12-14-11(7-20-12)13(2,3)4/h5,7,16H,6H2,1-4H3,(H,14,15). The Kier molecular flexibility index (Phi) is 4.14. The number of aliphatic hydroxyl groups is 1. The van der Waals surface area contributed by atoms with Gasteiger partial charge in [-0.25, -0.2) is 13.4 Å². The number of hydrogen-bond donors (Lipinski definition) is 2. The van der Waals surface area contributed by atoms with Crippen molar-refractivity contribution in [3.8, 4) is 0 Å². The minimum atomic E-state index is -3.77. The van der Waals surface area contributed by atoms with Crippen molar-refractivity contribution in [1.82, 2.24) is 4.98 Å². The van der Waals surface area contributed by atoms with Crippen LogP contribution in [0.25, 0.3) is 0 Å². The molecule has 0 radical (unpaired) electrons. The monoisotopic (exact) mass is 330 g/mol. The molecule has 2 aromatic heterocycles. The van der Waals surface area contributed by atoms with Crippen molar-refractivity contribution < 1.29 is 17.9 Å². The number of rotatable bonds is 4. The number of aliphatic hydroxyl groups excluding tert-OH is 1. The van der Waals surface area contributed by atoms with E-state index in [9.17, 15) is 8.42 Å². The Morgan fingerprint density at radius 2 is 2.10 bits per heavy atom. The Hall–Kier alpha value is -1.38. The number of aromatic nitrogens is 1. The molecule has 116 valence electrons. The molecule has 0 bridgehead atoms. The van der Waals surface area contributed by atoms with Gasteiger partial charge < -0.3 is 9.52 Å². The Balaban J connectivity index is 2.29. The largest absolute Gasteiger partial charge is 0.462 e. The maximum Gasteiger partial charge on any atom is 0.267 e. The summed E-state index contributed by atoms with van der Waals surface area (Å²) >= 11 is 1.23. The highest BCUT2D eigenvalue weighted by molar-refractivity contribution is 7.93. The molecule has 0 aliphatic heterocycles. The Labute approximate surface area is 127 Å². The second-order valence-corrected chi connectivity index (χ2v) is 8.19. The summed E-state index contributed by atoms with van der Waals surface area (Å²) in [6.07, 6.45) is 0. The third-order valence-electron chi connectivity index (χ3n) is 2.86. The normalized spacial score (nSPS) is 12.6. The van der Waals surface area contributed by atoms with E-state index in [1.807, 2.05) is 26.2 Å². The Morgan fingerprint density at radius 3 is 2.57 bits per heavy atom. The van der Waals surface area contributed by atoms with Gasteiger partial charge in [-0.3, -0.25) is 4.72 Å². The van der Waals surface area contributed by atoms with Crippen LogP contribution < -0.4 is 4.72 Å². The minimum absolute atomic E-state index is 0.0130. The topological polar surface area (TPSA) is 92.4 Å². The van der Waals surface area contributed by atoms with Crippen molar-refractivity contribution in [3.63, 3.8) is 0 Å². The molecule has 0 aliphatic rings. The maximum atomic E-state index is 12.3. The molecule has 6 nitrogen and oxygen atoms in total. The van der Waals surface area contributed by atoms with E-state index in [1.165, 1.54) is 24.3 Å². The van der Waals surface area contributed by atoms with Crippen LogP contribution in [-0.2, 0) is 22.0 Å². The number of hydrogen-bond acceptors (Lipinski definition) is 6. The number of thiazole rings is 1. The Morgan fingerprint density at radius 1 is 1.43 bits per heavy atom. The molecule has 0 aromatic carbocycles. The number of anilines is 1. The van der Waals surface area contributed by atoms with Crippen LogP contribution in [0.15, 0.2) is 20.8 Å². The van der Waals surface area contributed by atoms with Crippen molar-refractivity contribution >= 4 is 26.5 Å². The second-order valence-electron chi connectivity index (χ2n) is 5.68. The summed E-state index contributed by atoms with van der Waals surface area (Å²) in [6, 6.07) is 1.32. The van der Waals surface area contributed by atoms with Gasteiger partial charge in [-0.2, -0.15) is 0 Å². The molecular weight excluding hydrogens is 312 g/mol. The van der Waals surface area contributed by atoms with Crippen LogP contribution in [0.4, 0.5) is 5.13 Å². The molecule has 0 aliphatic carbocycles. The lowest BCUT2D eigenvalue weighted by Gasteiger charge is -2.14. The summed E-state index contributed by atoms with van der Waals surface area (Å²) < 4.78 is 32.3. The second kappa shape index (κ2) is 5.43. The third kappa shape index (κ3) is 3.45. The molecule has 0 saturated heterocycles. The summed E-state index contributed by atoms with van der Waals surface area (Å²) in [4.78, 5) is 4.31. The van der Waals surface area contributed by atoms with E-state index in [2.05, 4.69) is 9.71 Å². The van der Waals surface area contributed by atoms with Crippen LogP contribution in [-0.4, -0.2) is 18.5 Å². The lowest BCUT2D eigenvalue weighted by molar-refractivity contribution is 0.245. The van der Waals surface area contributed by atoms with E-state index in [1.54, 1.807) is 0 Å². The zero-order chi connectivity index (χ0) is 15.8. The molecule has 0 unspecified atom stereocenters. The molecule has 2 aromatic rings. The fourth-order valence-electron chi connectivity index (χ4n) is 1.70. The predicted molar refractivity (Wildman–Crippen MR) is 81.0 cm³/mol. The van der Waals surface area contributed by atoms with Crippen LogP contribution >= 0.6 is 11.3 Å². The van der Waals surface area contributed by atoms with Crippen LogP contribution in [0.3, 0.4) is 0 Å². The number of nitrogens with one attached hydrogen (secondary N) is 1. The van der Waals surface area contributed by atoms with Crippen molar-refractivity contribution in [2.24, 2.45) is 0 Å². The van der Waals surface area contributed by atoms with Crippen LogP contribution in [0.5, 0.6) is 0 Å². The highest BCUT2D eigenvalue weighted by Crippen LogP contribution is 2.29. The number of aryl methyl sites for hydroxylation is 1. The number of furan rings is 1. The third-order valence-corrected chi connectivity index (χ3v) is 5.20. The quantitative estimate of drug-likeness (QED) is 0.899. The first-order valence-corrected chi connectivity index (χ1v) is 8.69. The highest BCUT2D eigenvalue weighted by Gasteiger charge is 2.24. The van der Waals surface area contributed by atoms with Crippen LogP contribution in [0.2, 0.25) is 0 Å². The molecule has 0 atom stereocenters. The summed E-state index contributed by atoms with van der Waals surface area (Å²) in [5, 5.41) is 11.1. The van der Waals surface area contributed by atoms with Gasteiger partial charge in [0.25, 0.3) is 10.0 Å². The molecule has 0 amide bonds. The van der Waals surface area contributed by atoms with Crippen molar-refractivity contribution in [2.75, 3.05) is 4.72 Å². The molecular formula is C13H18N2O4S2. The average Bonchev–Trinajstić information content (AvgIpc) is 2.94. The molecule has 0 spiro atoms. The van der Waals surface area contributed by atoms with Crippen molar-refractivity contribution in [2.45, 2.75) is 44.6 Å². The molecule has 21 heavy (non-hydrogen) atoms. The lowest BCUT2D eigenvalue weighted by Crippen LogP contribution is -2.15. The zero-order valence-electron chi connectivity index (χ0n) is 12.3. The maximum absolute atomic E-state index is 12.3. The SMILES string of the molecule is Cc1oc(CO)cc1S(=O)(=O)Nc1nc(C(C)(C)C)cs1. The zero-order valence-corrected chi connectivity index (χ0v) is 13.9. The average molecular weight is 330 g/mol. The Bertz CT molecular complexity index is 739. The predicted octanol–water partition coefficient (Wildman–Crippen LogP) is 2.64. The lowest BCUT2D eigenvalue weighted by atomic mass is 9.93. The summed E-state index contributed by atoms with van der Waals surface area (Å²) in [5.74, 6) is 0.446. The van der Waals surface area contributed by atoms with E-state index in [4.69, 9.17) is 9.52 Å². The summed E-state index contributed by atoms with van der Waals surface area (Å²) in [5.41, 5.74) is 0.681. The van der Waals surface area contributed by atoms with Gasteiger partial charge in [0.1, 0.15) is 23.0 Å². The van der Waals surface area contributed by atoms with Gasteiger partial charge in [0.2, 0.25) is 0 Å². The van der Waals surface area contributed by atoms with Gasteiger partial charge in [0, 0.05) is 16.9 Å². The smallest absolute Gasteiger partial charge is 0.267 e. The molecule has 2 rings (SSSR count). The molecule has 2 heterocycles. The summed E-state index contributed by atoms with van der Waals surface area (Å²) in [7, 11) is -3.77. The summed E-state index contributed by atoms with van der Waals surface area (Å²) in [6.45, 7) is 7.22. The van der Waals surface area contributed by atoms with Gasteiger partial charge in [-0.05, 0) is 6.92 Å². The van der Waals surface area contributed by atoms with Gasteiger partial charge in [-0.1, -0.05) is 20.8 Å². The molecule has 2 N–H and O–H groups in total. The number of nitrogens with zero attached hydrogens (tertiary/aromatic N) is 1. The van der Waals surface area contributed by atoms with E-state index in [0.29, 0.717) is 5.13 Å². The van der Waals surface area contributed by atoms with Crippen LogP contribution in [0, 0.1) is 6.92 Å². The van der Waals surface area contributed by atoms with E-state index in [0.717, 1.165) is 5.69 Å². The highest BCUT2D eigenvalue weighted by atomic mass is 32.2. The molecule has 0 saturated carbocycles. The van der Waals surface area contributed by atoms with Gasteiger partial charge in [0.15, 0.2) is 5.13 Å². The molecule has 0 fully saturated rings. The van der Waals surface area contributed by atoms with Gasteiger partial charge >= 0.3 is 0 Å². The fraction of sp³-hybridized carbons (Fsp3) is 0.462. The molecule has 8 heteroatoms. The first-order valence-electron chi connectivity index (χ1n) is 6.32. The van der Waals surface area contributed by atoms with E-state index in [-0.39, 0.29) is 28.4 Å².